The number of carbonyl (C=O) groups excluding carboxylic acids is 1. The molecule has 2 rings (SSSR count). The van der Waals surface area contributed by atoms with Crippen LogP contribution in [0.4, 0.5) is 4.79 Å². The Morgan fingerprint density at radius 2 is 2.00 bits per heavy atom. The minimum absolute atomic E-state index is 0.0346. The van der Waals surface area contributed by atoms with Crippen LogP contribution in [0.2, 0.25) is 0 Å². The molecule has 1 aliphatic heterocycles. The highest BCUT2D eigenvalue weighted by Crippen LogP contribution is 2.16. The molecule has 0 bridgehead atoms. The average Bonchev–Trinajstić information content (AvgIpc) is 2.56. The van der Waals surface area contributed by atoms with Crippen LogP contribution in [-0.2, 0) is 5.75 Å². The van der Waals surface area contributed by atoms with Gasteiger partial charge in [-0.15, -0.1) is 0 Å². The second kappa shape index (κ2) is 9.06. The third-order valence-corrected chi connectivity index (χ3v) is 5.10. The highest BCUT2D eigenvalue weighted by atomic mass is 32.2. The lowest BCUT2D eigenvalue weighted by Gasteiger charge is -2.31. The molecule has 0 aliphatic carbocycles. The molecule has 122 valence electrons. The van der Waals surface area contributed by atoms with Gasteiger partial charge in [-0.3, -0.25) is 0 Å². The Bertz CT molecular complexity index is 456. The quantitative estimate of drug-likeness (QED) is 0.792. The van der Waals surface area contributed by atoms with Crippen molar-refractivity contribution in [2.24, 2.45) is 5.92 Å². The number of aliphatic hydroxyl groups excluding tert-OH is 1. The summed E-state index contributed by atoms with van der Waals surface area (Å²) in [6.45, 7) is 4.55. The molecular weight excluding hydrogens is 296 g/mol. The summed E-state index contributed by atoms with van der Waals surface area (Å²) < 4.78 is 0. The fourth-order valence-electron chi connectivity index (χ4n) is 2.53. The van der Waals surface area contributed by atoms with Gasteiger partial charge in [-0.2, -0.15) is 11.8 Å². The maximum absolute atomic E-state index is 12.0. The number of hydrogen-bond acceptors (Lipinski definition) is 3. The summed E-state index contributed by atoms with van der Waals surface area (Å²) in [6.07, 6.45) is 1.82. The number of piperidine rings is 1. The maximum atomic E-state index is 12.0. The van der Waals surface area contributed by atoms with Gasteiger partial charge in [0.15, 0.2) is 0 Å². The lowest BCUT2D eigenvalue weighted by molar-refractivity contribution is 0.137. The number of likely N-dealkylation sites (tertiary alicyclic amines) is 1. The number of aryl methyl sites for hydroxylation is 1. The lowest BCUT2D eigenvalue weighted by atomic mass is 9.98. The predicted octanol–water partition coefficient (Wildman–Crippen LogP) is 2.64. The van der Waals surface area contributed by atoms with E-state index in [0.29, 0.717) is 12.5 Å². The van der Waals surface area contributed by atoms with Gasteiger partial charge in [-0.1, -0.05) is 29.8 Å². The van der Waals surface area contributed by atoms with Gasteiger partial charge in [0.25, 0.3) is 0 Å². The fourth-order valence-corrected chi connectivity index (χ4v) is 3.35. The van der Waals surface area contributed by atoms with E-state index in [4.69, 9.17) is 5.11 Å². The van der Waals surface area contributed by atoms with Crippen molar-refractivity contribution in [2.45, 2.75) is 25.5 Å². The molecule has 1 heterocycles. The standard InChI is InChI=1S/C17H26N2O2S/c1-14-2-4-16(5-3-14)13-22-11-8-18-17(21)19-9-6-15(12-20)7-10-19/h2-5,15,20H,6-13H2,1H3,(H,18,21). The van der Waals surface area contributed by atoms with Gasteiger partial charge in [0.1, 0.15) is 0 Å². The summed E-state index contributed by atoms with van der Waals surface area (Å²) in [5.74, 6) is 2.28. The summed E-state index contributed by atoms with van der Waals surface area (Å²) in [6, 6.07) is 8.62. The van der Waals surface area contributed by atoms with E-state index in [1.165, 1.54) is 11.1 Å². The second-order valence-electron chi connectivity index (χ2n) is 5.88. The first-order chi connectivity index (χ1) is 10.7. The third-order valence-electron chi connectivity index (χ3n) is 4.07. The van der Waals surface area contributed by atoms with E-state index in [-0.39, 0.29) is 12.6 Å². The Balaban J connectivity index is 1.56. The Hall–Kier alpha value is -1.20. The first-order valence-corrected chi connectivity index (χ1v) is 9.11. The third kappa shape index (κ3) is 5.54. The number of aliphatic hydroxyl groups is 1. The van der Waals surface area contributed by atoms with E-state index in [9.17, 15) is 4.79 Å². The van der Waals surface area contributed by atoms with Crippen LogP contribution in [0.1, 0.15) is 24.0 Å². The Morgan fingerprint density at radius 3 is 2.64 bits per heavy atom. The van der Waals surface area contributed by atoms with Crippen LogP contribution in [-0.4, -0.2) is 48.0 Å². The molecule has 0 radical (unpaired) electrons. The van der Waals surface area contributed by atoms with Gasteiger partial charge in [-0.25, -0.2) is 4.79 Å². The molecule has 2 N–H and O–H groups in total. The molecule has 5 heteroatoms. The lowest BCUT2D eigenvalue weighted by Crippen LogP contribution is -2.45. The minimum atomic E-state index is 0.0346. The maximum Gasteiger partial charge on any atom is 0.317 e. The summed E-state index contributed by atoms with van der Waals surface area (Å²) in [5, 5.41) is 12.1. The first kappa shape index (κ1) is 17.2. The van der Waals surface area contributed by atoms with Crippen molar-refractivity contribution >= 4 is 17.8 Å². The molecule has 4 nitrogen and oxygen atoms in total. The van der Waals surface area contributed by atoms with E-state index in [1.807, 2.05) is 16.7 Å². The molecule has 22 heavy (non-hydrogen) atoms. The summed E-state index contributed by atoms with van der Waals surface area (Å²) >= 11 is 1.84. The highest BCUT2D eigenvalue weighted by Gasteiger charge is 2.21. The molecule has 0 unspecified atom stereocenters. The van der Waals surface area contributed by atoms with Crippen molar-refractivity contribution in [3.63, 3.8) is 0 Å². The summed E-state index contributed by atoms with van der Waals surface area (Å²) in [7, 11) is 0. The number of hydrogen-bond donors (Lipinski definition) is 2. The van der Waals surface area contributed by atoms with Crippen molar-refractivity contribution < 1.29 is 9.90 Å². The second-order valence-corrected chi connectivity index (χ2v) is 6.99. The van der Waals surface area contributed by atoms with E-state index < -0.39 is 0 Å². The molecule has 0 atom stereocenters. The highest BCUT2D eigenvalue weighted by molar-refractivity contribution is 7.98. The van der Waals surface area contributed by atoms with Crippen LogP contribution < -0.4 is 5.32 Å². The van der Waals surface area contributed by atoms with Crippen LogP contribution in [0, 0.1) is 12.8 Å². The minimum Gasteiger partial charge on any atom is -0.396 e. The smallest absolute Gasteiger partial charge is 0.317 e. The number of nitrogens with zero attached hydrogens (tertiary/aromatic N) is 1. The van der Waals surface area contributed by atoms with Gasteiger partial charge in [-0.05, 0) is 31.2 Å². The van der Waals surface area contributed by atoms with Crippen molar-refractivity contribution in [3.05, 3.63) is 35.4 Å². The number of urea groups is 1. The number of thioether (sulfide) groups is 1. The molecule has 1 saturated heterocycles. The number of rotatable bonds is 6. The van der Waals surface area contributed by atoms with Crippen LogP contribution in [0.3, 0.4) is 0 Å². The topological polar surface area (TPSA) is 52.6 Å². The van der Waals surface area contributed by atoms with Crippen molar-refractivity contribution in [2.75, 3.05) is 32.0 Å². The van der Waals surface area contributed by atoms with E-state index in [2.05, 4.69) is 36.5 Å². The van der Waals surface area contributed by atoms with Crippen molar-refractivity contribution in [1.29, 1.82) is 0 Å². The molecule has 0 spiro atoms. The van der Waals surface area contributed by atoms with Crippen LogP contribution >= 0.6 is 11.8 Å². The largest absolute Gasteiger partial charge is 0.396 e. The van der Waals surface area contributed by atoms with E-state index in [0.717, 1.165) is 37.4 Å². The number of benzene rings is 1. The molecule has 1 aromatic carbocycles. The van der Waals surface area contributed by atoms with Crippen molar-refractivity contribution in [1.82, 2.24) is 10.2 Å². The van der Waals surface area contributed by atoms with E-state index >= 15 is 0 Å². The predicted molar refractivity (Wildman–Crippen MR) is 92.1 cm³/mol. The number of amides is 2. The molecular formula is C17H26N2O2S. The van der Waals surface area contributed by atoms with Gasteiger partial charge in [0, 0.05) is 37.7 Å². The first-order valence-electron chi connectivity index (χ1n) is 7.96. The van der Waals surface area contributed by atoms with Gasteiger partial charge < -0.3 is 15.3 Å². The van der Waals surface area contributed by atoms with Crippen molar-refractivity contribution in [3.8, 4) is 0 Å². The summed E-state index contributed by atoms with van der Waals surface area (Å²) in [5.41, 5.74) is 2.61. The molecule has 0 aromatic heterocycles. The number of carbonyl (C=O) groups is 1. The molecule has 1 aromatic rings. The summed E-state index contributed by atoms with van der Waals surface area (Å²) in [4.78, 5) is 13.9. The van der Waals surface area contributed by atoms with Crippen LogP contribution in [0.15, 0.2) is 24.3 Å². The van der Waals surface area contributed by atoms with E-state index in [1.54, 1.807) is 0 Å². The molecule has 0 saturated carbocycles. The van der Waals surface area contributed by atoms with Gasteiger partial charge in [0.2, 0.25) is 0 Å². The Kier molecular flexibility index (Phi) is 7.06. The Morgan fingerprint density at radius 1 is 1.32 bits per heavy atom. The van der Waals surface area contributed by atoms with Gasteiger partial charge in [0.05, 0.1) is 0 Å². The Labute approximate surface area is 137 Å². The average molecular weight is 322 g/mol. The molecule has 2 amide bonds. The molecule has 1 aliphatic rings. The fraction of sp³-hybridized carbons (Fsp3) is 0.588. The zero-order chi connectivity index (χ0) is 15.8. The number of nitrogens with one attached hydrogen (secondary N) is 1. The van der Waals surface area contributed by atoms with Crippen LogP contribution in [0.5, 0.6) is 0 Å². The monoisotopic (exact) mass is 322 g/mol. The molecule has 1 fully saturated rings. The SMILES string of the molecule is Cc1ccc(CSCCNC(=O)N2CCC(CO)CC2)cc1. The zero-order valence-corrected chi connectivity index (χ0v) is 14.1. The zero-order valence-electron chi connectivity index (χ0n) is 13.3. The van der Waals surface area contributed by atoms with Gasteiger partial charge >= 0.3 is 6.03 Å². The normalized spacial score (nSPS) is 15.8. The van der Waals surface area contributed by atoms with Crippen LogP contribution in [0.25, 0.3) is 0 Å².